The summed E-state index contributed by atoms with van der Waals surface area (Å²) in [5, 5.41) is 1.84. The molecule has 0 amide bonds. The van der Waals surface area contributed by atoms with Crippen LogP contribution < -0.4 is 0 Å². The van der Waals surface area contributed by atoms with E-state index in [1.165, 1.54) is 47.1 Å². The van der Waals surface area contributed by atoms with Gasteiger partial charge in [0.15, 0.2) is 0 Å². The maximum Gasteiger partial charge on any atom is 0.00161 e. The molecule has 0 saturated carbocycles. The van der Waals surface area contributed by atoms with Gasteiger partial charge in [-0.05, 0) is 41.0 Å². The summed E-state index contributed by atoms with van der Waals surface area (Å²) >= 11 is 0. The Labute approximate surface area is 198 Å². The first-order valence-corrected chi connectivity index (χ1v) is 13.2. The molecule has 0 nitrogen and oxygen atoms in total. The summed E-state index contributed by atoms with van der Waals surface area (Å²) in [6.45, 7) is 9.81. The third-order valence-corrected chi connectivity index (χ3v) is 9.03. The molecule has 0 fully saturated rings. The Morgan fingerprint density at radius 1 is 0.897 bits per heavy atom. The molecule has 0 saturated heterocycles. The number of hydrogen-bond acceptors (Lipinski definition) is 0. The summed E-state index contributed by atoms with van der Waals surface area (Å²) in [7, 11) is -0.382. The van der Waals surface area contributed by atoms with E-state index in [0.717, 1.165) is 0 Å². The zero-order valence-electron chi connectivity index (χ0n) is 20.0. The van der Waals surface area contributed by atoms with Crippen molar-refractivity contribution in [3.8, 4) is 11.1 Å². The number of benzene rings is 2. The van der Waals surface area contributed by atoms with Crippen LogP contribution in [0.1, 0.15) is 67.8 Å². The molecule has 0 N–H and O–H groups in total. The fourth-order valence-corrected chi connectivity index (χ4v) is 7.60. The van der Waals surface area contributed by atoms with Gasteiger partial charge < -0.3 is 2.85 Å². The average molecular weight is 562 g/mol. The Balaban J connectivity index is 0.00000114. The van der Waals surface area contributed by atoms with Gasteiger partial charge in [-0.25, -0.2) is 0 Å². The second-order valence-corrected chi connectivity index (χ2v) is 11.5. The Morgan fingerprint density at radius 3 is 2.07 bits per heavy atom. The summed E-state index contributed by atoms with van der Waals surface area (Å²) in [6.07, 6.45) is 3.89. The molecule has 2 aliphatic rings. The maximum absolute atomic E-state index is 2.52. The summed E-state index contributed by atoms with van der Waals surface area (Å²) in [5.41, 5.74) is 12.3. The zero-order chi connectivity index (χ0) is 19.4. The van der Waals surface area contributed by atoms with Crippen LogP contribution >= 0.6 is 0 Å². The normalized spacial score (nSPS) is 17.8. The first-order valence-electron chi connectivity index (χ1n) is 10.7. The molecule has 1 unspecified atom stereocenters. The number of fused-ring (bicyclic) bond motifs is 4. The van der Waals surface area contributed by atoms with E-state index in [1.54, 1.807) is 16.7 Å². The van der Waals surface area contributed by atoms with Crippen LogP contribution in [0.3, 0.4) is 0 Å². The smallest absolute Gasteiger partial charge is 0.00161 e. The van der Waals surface area contributed by atoms with Crippen molar-refractivity contribution in [2.75, 3.05) is 0 Å². The van der Waals surface area contributed by atoms with E-state index >= 15 is 0 Å². The van der Waals surface area contributed by atoms with Gasteiger partial charge in [0.25, 0.3) is 0 Å². The monoisotopic (exact) mass is 563 g/mol. The van der Waals surface area contributed by atoms with Crippen LogP contribution in [0, 0.1) is 6.92 Å². The molecule has 2 heteroatoms. The van der Waals surface area contributed by atoms with Gasteiger partial charge in [-0.3, -0.25) is 0 Å². The van der Waals surface area contributed by atoms with Crippen LogP contribution in [0.4, 0.5) is 0 Å². The SMILES string of the molecule is Cc1[cH-]c2c(c1C1c3ccccc3-c3ccccc31)C(C)C(=[Si](C)C)CCC2.[H-].[H-].[Hf]. The Bertz CT molecular complexity index is 1060. The molecule has 1 atom stereocenters. The summed E-state index contributed by atoms with van der Waals surface area (Å²) in [4.78, 5) is 0. The molecule has 2 aliphatic carbocycles. The predicted octanol–water partition coefficient (Wildman–Crippen LogP) is 7.05. The largest absolute Gasteiger partial charge is 1.00 e. The molecule has 150 valence electrons. The Kier molecular flexibility index (Phi) is 5.87. The third-order valence-electron chi connectivity index (χ3n) is 7.06. The van der Waals surface area contributed by atoms with Crippen LogP contribution in [0.15, 0.2) is 54.6 Å². The van der Waals surface area contributed by atoms with Crippen molar-refractivity contribution in [3.63, 3.8) is 0 Å². The maximum atomic E-state index is 2.52. The van der Waals surface area contributed by atoms with E-state index in [0.29, 0.717) is 11.8 Å². The van der Waals surface area contributed by atoms with E-state index in [9.17, 15) is 0 Å². The summed E-state index contributed by atoms with van der Waals surface area (Å²) in [5.74, 6) is 0.993. The molecular weight excluding hydrogens is 531 g/mol. The molecule has 0 aromatic heterocycles. The molecular formula is C27H31HfSi-3. The first-order chi connectivity index (χ1) is 13.6. The predicted molar refractivity (Wildman–Crippen MR) is 126 cm³/mol. The van der Waals surface area contributed by atoms with Crippen LogP contribution in [0.5, 0.6) is 0 Å². The molecule has 5 rings (SSSR count). The quantitative estimate of drug-likeness (QED) is 0.133. The van der Waals surface area contributed by atoms with E-state index in [4.69, 9.17) is 0 Å². The van der Waals surface area contributed by atoms with Crippen LogP contribution in [0.2, 0.25) is 13.1 Å². The van der Waals surface area contributed by atoms with E-state index < -0.39 is 0 Å². The molecule has 0 spiro atoms. The number of rotatable bonds is 1. The molecule has 3 aromatic rings. The van der Waals surface area contributed by atoms with Crippen LogP contribution in [-0.4, -0.2) is 13.6 Å². The number of aryl methyl sites for hydroxylation is 2. The van der Waals surface area contributed by atoms with E-state index in [1.807, 2.05) is 5.17 Å². The molecule has 0 aliphatic heterocycles. The third kappa shape index (κ3) is 3.27. The molecule has 0 radical (unpaired) electrons. The van der Waals surface area contributed by atoms with Crippen molar-refractivity contribution in [2.24, 2.45) is 0 Å². The summed E-state index contributed by atoms with van der Waals surface area (Å²) in [6, 6.07) is 20.7. The minimum Gasteiger partial charge on any atom is -1.00 e. The fourth-order valence-electron chi connectivity index (χ4n) is 5.91. The minimum atomic E-state index is -0.382. The van der Waals surface area contributed by atoms with E-state index in [-0.39, 0.29) is 37.1 Å². The van der Waals surface area contributed by atoms with Crippen molar-refractivity contribution in [2.45, 2.75) is 58.0 Å². The van der Waals surface area contributed by atoms with Crippen molar-refractivity contribution < 1.29 is 28.7 Å². The minimum absolute atomic E-state index is 0. The van der Waals surface area contributed by atoms with Crippen molar-refractivity contribution in [3.05, 3.63) is 88.0 Å². The molecule has 0 bridgehead atoms. The molecule has 29 heavy (non-hydrogen) atoms. The van der Waals surface area contributed by atoms with Crippen LogP contribution in [-0.2, 0) is 32.3 Å². The molecule has 0 heterocycles. The standard InChI is InChI=1S/C27H29Si.Hf.2H/c1-17-16-19-10-9-15-24(28(3)4)18(2)26(19)25(17)27-22-13-7-5-11-20(22)21-12-6-8-14-23(21)27;;;/h5-8,11-14,16,18,27H,9-10,15H2,1-4H3;;;/q-1;;2*-1. The van der Waals surface area contributed by atoms with E-state index in [2.05, 4.69) is 81.5 Å². The average Bonchev–Trinajstić information content (AvgIpc) is 3.13. The van der Waals surface area contributed by atoms with Crippen molar-refractivity contribution >= 4 is 13.6 Å². The zero-order valence-corrected chi connectivity index (χ0v) is 22.6. The van der Waals surface area contributed by atoms with Gasteiger partial charge in [0.05, 0.1) is 0 Å². The van der Waals surface area contributed by atoms with Crippen molar-refractivity contribution in [1.82, 2.24) is 0 Å². The van der Waals surface area contributed by atoms with Crippen LogP contribution in [0.25, 0.3) is 11.1 Å². The first kappa shape index (κ1) is 21.0. The summed E-state index contributed by atoms with van der Waals surface area (Å²) < 4.78 is 0. The van der Waals surface area contributed by atoms with Gasteiger partial charge >= 0.3 is 0 Å². The fraction of sp³-hybridized carbons (Fsp3) is 0.333. The second kappa shape index (κ2) is 8.11. The van der Waals surface area contributed by atoms with Gasteiger partial charge in [-0.15, -0.1) is 0 Å². The van der Waals surface area contributed by atoms with Gasteiger partial charge in [0.2, 0.25) is 0 Å². The molecule has 3 aromatic carbocycles. The van der Waals surface area contributed by atoms with Gasteiger partial charge in [-0.1, -0.05) is 93.0 Å². The Hall–Kier alpha value is -1.25. The van der Waals surface area contributed by atoms with Gasteiger partial charge in [0, 0.05) is 34.3 Å². The number of hydrogen-bond donors (Lipinski definition) is 0. The topological polar surface area (TPSA) is 0 Å². The Morgan fingerprint density at radius 2 is 1.48 bits per heavy atom. The van der Waals surface area contributed by atoms with Crippen molar-refractivity contribution in [1.29, 1.82) is 0 Å². The van der Waals surface area contributed by atoms with Gasteiger partial charge in [0.1, 0.15) is 0 Å². The van der Waals surface area contributed by atoms with Gasteiger partial charge in [-0.2, -0.15) is 28.3 Å². The second-order valence-electron chi connectivity index (χ2n) is 8.89.